The van der Waals surface area contributed by atoms with E-state index in [0.717, 1.165) is 0 Å². The van der Waals surface area contributed by atoms with Crippen molar-refractivity contribution in [3.05, 3.63) is 24.9 Å². The Hall–Kier alpha value is -2.24. The van der Waals surface area contributed by atoms with E-state index in [-0.39, 0.29) is 23.9 Å². The second-order valence-electron chi connectivity index (χ2n) is 4.08. The lowest BCUT2D eigenvalue weighted by Crippen LogP contribution is -2.54. The molecule has 0 saturated carbocycles. The SMILES string of the molecule is C=CN=C(/C=C\C)C(=O)N(C)C1CCC(=O)NC1=O. The van der Waals surface area contributed by atoms with Crippen LogP contribution in [0.2, 0.25) is 0 Å². The molecule has 0 aromatic carbocycles. The molecule has 0 aliphatic carbocycles. The van der Waals surface area contributed by atoms with Gasteiger partial charge in [-0.05, 0) is 19.4 Å². The maximum Gasteiger partial charge on any atom is 0.272 e. The molecule has 1 saturated heterocycles. The normalized spacial score (nSPS) is 20.3. The molecule has 0 aromatic heterocycles. The molecule has 0 bridgehead atoms. The Labute approximate surface area is 111 Å². The second kappa shape index (κ2) is 6.63. The molecule has 3 amide bonds. The number of likely N-dealkylation sites (N-methyl/N-ethyl adjacent to an activating group) is 1. The summed E-state index contributed by atoms with van der Waals surface area (Å²) in [5.74, 6) is -1.14. The topological polar surface area (TPSA) is 78.8 Å². The van der Waals surface area contributed by atoms with E-state index in [9.17, 15) is 14.4 Å². The lowest BCUT2D eigenvalue weighted by atomic mass is 10.0. The van der Waals surface area contributed by atoms with Crippen LogP contribution < -0.4 is 5.32 Å². The summed E-state index contributed by atoms with van der Waals surface area (Å²) in [6.45, 7) is 5.21. The fraction of sp³-hybridized carbons (Fsp3) is 0.385. The van der Waals surface area contributed by atoms with Crippen molar-refractivity contribution < 1.29 is 14.4 Å². The molecule has 1 aliphatic rings. The smallest absolute Gasteiger partial charge is 0.272 e. The maximum absolute atomic E-state index is 12.2. The Bertz CT molecular complexity index is 466. The second-order valence-corrected chi connectivity index (χ2v) is 4.08. The quantitative estimate of drug-likeness (QED) is 0.589. The zero-order chi connectivity index (χ0) is 14.4. The monoisotopic (exact) mass is 263 g/mol. The highest BCUT2D eigenvalue weighted by Crippen LogP contribution is 2.11. The van der Waals surface area contributed by atoms with Gasteiger partial charge >= 0.3 is 0 Å². The highest BCUT2D eigenvalue weighted by molar-refractivity contribution is 6.43. The van der Waals surface area contributed by atoms with Crippen LogP contribution in [0.15, 0.2) is 29.9 Å². The Balaban J connectivity index is 2.86. The minimum absolute atomic E-state index is 0.199. The average molecular weight is 263 g/mol. The van der Waals surface area contributed by atoms with E-state index >= 15 is 0 Å². The van der Waals surface area contributed by atoms with Gasteiger partial charge in [-0.3, -0.25) is 24.7 Å². The predicted octanol–water partition coefficient (Wildman–Crippen LogP) is 0.411. The number of rotatable bonds is 4. The molecule has 1 N–H and O–H groups in total. The van der Waals surface area contributed by atoms with Crippen LogP contribution in [0.5, 0.6) is 0 Å². The third-order valence-electron chi connectivity index (χ3n) is 2.77. The van der Waals surface area contributed by atoms with Crippen molar-refractivity contribution in [2.75, 3.05) is 7.05 Å². The van der Waals surface area contributed by atoms with Crippen molar-refractivity contribution in [3.8, 4) is 0 Å². The largest absolute Gasteiger partial charge is 0.328 e. The van der Waals surface area contributed by atoms with Crippen molar-refractivity contribution in [2.24, 2.45) is 4.99 Å². The first-order chi connectivity index (χ1) is 9.01. The van der Waals surface area contributed by atoms with Gasteiger partial charge in [-0.15, -0.1) is 0 Å². The van der Waals surface area contributed by atoms with E-state index in [2.05, 4.69) is 16.9 Å². The number of amides is 3. The first-order valence-electron chi connectivity index (χ1n) is 5.93. The molecule has 1 atom stereocenters. The first-order valence-corrected chi connectivity index (χ1v) is 5.93. The van der Waals surface area contributed by atoms with Crippen molar-refractivity contribution in [3.63, 3.8) is 0 Å². The van der Waals surface area contributed by atoms with E-state index in [4.69, 9.17) is 0 Å². The summed E-state index contributed by atoms with van der Waals surface area (Å²) in [5, 5.41) is 2.22. The number of nitrogens with zero attached hydrogens (tertiary/aromatic N) is 2. The molecule has 1 rings (SSSR count). The lowest BCUT2D eigenvalue weighted by Gasteiger charge is -2.29. The maximum atomic E-state index is 12.2. The van der Waals surface area contributed by atoms with E-state index in [1.807, 2.05) is 0 Å². The van der Waals surface area contributed by atoms with Crippen LogP contribution in [0.25, 0.3) is 0 Å². The molecule has 1 aliphatic heterocycles. The first kappa shape index (κ1) is 14.8. The summed E-state index contributed by atoms with van der Waals surface area (Å²) in [5.41, 5.74) is 0.199. The Kier molecular flexibility index (Phi) is 5.17. The molecule has 0 spiro atoms. The molecule has 6 heteroatoms. The van der Waals surface area contributed by atoms with Gasteiger partial charge in [-0.1, -0.05) is 12.7 Å². The van der Waals surface area contributed by atoms with Crippen LogP contribution in [0.4, 0.5) is 0 Å². The number of hydrogen-bond acceptors (Lipinski definition) is 4. The Morgan fingerprint density at radius 2 is 2.21 bits per heavy atom. The standard InChI is InChI=1S/C13H17N3O3/c1-4-6-9(14-5-2)13(19)16(3)10-7-8-11(17)15-12(10)18/h4-6,10H,2,7-8H2,1,3H3,(H,15,17,18)/b6-4-,14-9?. The minimum Gasteiger partial charge on any atom is -0.328 e. The van der Waals surface area contributed by atoms with Crippen LogP contribution in [0.1, 0.15) is 19.8 Å². The minimum atomic E-state index is -0.648. The van der Waals surface area contributed by atoms with Gasteiger partial charge in [0.15, 0.2) is 0 Å². The van der Waals surface area contributed by atoms with Gasteiger partial charge < -0.3 is 4.90 Å². The summed E-state index contributed by atoms with van der Waals surface area (Å²) in [7, 11) is 1.52. The van der Waals surface area contributed by atoms with Crippen LogP contribution in [-0.4, -0.2) is 41.4 Å². The van der Waals surface area contributed by atoms with Crippen LogP contribution in [0, 0.1) is 0 Å². The van der Waals surface area contributed by atoms with Gasteiger partial charge in [0.05, 0.1) is 0 Å². The molecular weight excluding hydrogens is 246 g/mol. The summed E-state index contributed by atoms with van der Waals surface area (Å²) < 4.78 is 0. The molecule has 1 fully saturated rings. The van der Waals surface area contributed by atoms with E-state index in [1.165, 1.54) is 18.1 Å². The zero-order valence-electron chi connectivity index (χ0n) is 11.0. The fourth-order valence-electron chi connectivity index (χ4n) is 1.80. The summed E-state index contributed by atoms with van der Waals surface area (Å²) in [6, 6.07) is -0.648. The molecule has 19 heavy (non-hydrogen) atoms. The van der Waals surface area contributed by atoms with Crippen molar-refractivity contribution >= 4 is 23.4 Å². The van der Waals surface area contributed by atoms with Gasteiger partial charge in [0.25, 0.3) is 5.91 Å². The fourth-order valence-corrected chi connectivity index (χ4v) is 1.80. The van der Waals surface area contributed by atoms with Gasteiger partial charge in [0.1, 0.15) is 11.8 Å². The van der Waals surface area contributed by atoms with Crippen molar-refractivity contribution in [2.45, 2.75) is 25.8 Å². The predicted molar refractivity (Wildman–Crippen MR) is 71.4 cm³/mol. The van der Waals surface area contributed by atoms with Crippen molar-refractivity contribution in [1.82, 2.24) is 10.2 Å². The van der Waals surface area contributed by atoms with E-state index in [1.54, 1.807) is 19.1 Å². The van der Waals surface area contributed by atoms with Crippen LogP contribution >= 0.6 is 0 Å². The van der Waals surface area contributed by atoms with Gasteiger partial charge in [-0.2, -0.15) is 0 Å². The zero-order valence-corrected chi connectivity index (χ0v) is 11.0. The number of piperidine rings is 1. The number of nitrogens with one attached hydrogen (secondary N) is 1. The molecule has 6 nitrogen and oxygen atoms in total. The number of aliphatic imine (C=N–C) groups is 1. The number of hydrogen-bond donors (Lipinski definition) is 1. The average Bonchev–Trinajstić information content (AvgIpc) is 2.37. The molecule has 1 unspecified atom stereocenters. The third kappa shape index (κ3) is 3.61. The van der Waals surface area contributed by atoms with Gasteiger partial charge in [0, 0.05) is 19.7 Å². The van der Waals surface area contributed by atoms with Crippen molar-refractivity contribution in [1.29, 1.82) is 0 Å². The summed E-state index contributed by atoms with van der Waals surface area (Å²) in [6.07, 6.45) is 5.05. The Morgan fingerprint density at radius 3 is 2.74 bits per heavy atom. The van der Waals surface area contributed by atoms with Gasteiger partial charge in [0.2, 0.25) is 11.8 Å². The summed E-state index contributed by atoms with van der Waals surface area (Å²) >= 11 is 0. The van der Waals surface area contributed by atoms with Gasteiger partial charge in [-0.25, -0.2) is 0 Å². The summed E-state index contributed by atoms with van der Waals surface area (Å²) in [4.78, 5) is 40.1. The molecule has 102 valence electrons. The number of allylic oxidation sites excluding steroid dienone is 1. The highest BCUT2D eigenvalue weighted by Gasteiger charge is 2.33. The third-order valence-corrected chi connectivity index (χ3v) is 2.77. The molecule has 1 heterocycles. The molecule has 0 aromatic rings. The number of carbonyl (C=O) groups is 3. The molecule has 0 radical (unpaired) electrons. The number of imide groups is 1. The van der Waals surface area contributed by atoms with E-state index in [0.29, 0.717) is 6.42 Å². The molecular formula is C13H17N3O3. The number of carbonyl (C=O) groups excluding carboxylic acids is 3. The Morgan fingerprint density at radius 1 is 1.53 bits per heavy atom. The van der Waals surface area contributed by atoms with Crippen LogP contribution in [-0.2, 0) is 14.4 Å². The van der Waals surface area contributed by atoms with Crippen LogP contribution in [0.3, 0.4) is 0 Å². The lowest BCUT2D eigenvalue weighted by molar-refractivity contribution is -0.141. The van der Waals surface area contributed by atoms with E-state index < -0.39 is 11.9 Å². The highest BCUT2D eigenvalue weighted by atomic mass is 16.2.